The molecule has 0 spiro atoms. The lowest BCUT2D eigenvalue weighted by molar-refractivity contribution is -0.148. The Bertz CT molecular complexity index is 1790. The van der Waals surface area contributed by atoms with E-state index in [0.717, 1.165) is 6.92 Å². The number of halogens is 1. The third-order valence-electron chi connectivity index (χ3n) is 6.85. The summed E-state index contributed by atoms with van der Waals surface area (Å²) in [5, 5.41) is 26.5. The molecule has 2 atom stereocenters. The maximum atomic E-state index is 15.4. The number of carboxylic acid groups (broad SMARTS) is 1. The highest BCUT2D eigenvalue weighted by Crippen LogP contribution is 2.29. The molecular formula is C31H31FN4O7S. The smallest absolute Gasteiger partial charge is 0.334 e. The summed E-state index contributed by atoms with van der Waals surface area (Å²) in [6, 6.07) is 19.3. The summed E-state index contributed by atoms with van der Waals surface area (Å²) in [7, 11) is -4.18. The van der Waals surface area contributed by atoms with Gasteiger partial charge in [0.05, 0.1) is 17.5 Å². The minimum absolute atomic E-state index is 0.0355. The van der Waals surface area contributed by atoms with E-state index in [2.05, 4.69) is 10.4 Å². The van der Waals surface area contributed by atoms with E-state index in [-0.39, 0.29) is 40.2 Å². The zero-order valence-electron chi connectivity index (χ0n) is 23.9. The molecule has 2 amide bonds. The number of nitrogens with one attached hydrogen (secondary N) is 2. The highest BCUT2D eigenvalue weighted by molar-refractivity contribution is 7.90. The number of hydrogen-bond acceptors (Lipinski definition) is 7. The highest BCUT2D eigenvalue weighted by atomic mass is 32.2. The van der Waals surface area contributed by atoms with Gasteiger partial charge >= 0.3 is 5.97 Å². The summed E-state index contributed by atoms with van der Waals surface area (Å²) in [5.74, 6) is -3.59. The molecule has 11 nitrogen and oxygen atoms in total. The van der Waals surface area contributed by atoms with E-state index in [1.165, 1.54) is 41.1 Å². The number of aliphatic hydroxyl groups is 1. The van der Waals surface area contributed by atoms with Crippen molar-refractivity contribution in [3.05, 3.63) is 107 Å². The van der Waals surface area contributed by atoms with Gasteiger partial charge < -0.3 is 15.5 Å². The van der Waals surface area contributed by atoms with Crippen molar-refractivity contribution < 1.29 is 37.4 Å². The zero-order chi connectivity index (χ0) is 32.0. The molecule has 4 rings (SSSR count). The fourth-order valence-electron chi connectivity index (χ4n) is 4.70. The number of sulfonamides is 1. The first kappa shape index (κ1) is 32.0. The molecule has 0 aliphatic carbocycles. The normalized spacial score (nSPS) is 12.7. The van der Waals surface area contributed by atoms with Gasteiger partial charge in [-0.15, -0.1) is 0 Å². The highest BCUT2D eigenvalue weighted by Gasteiger charge is 2.29. The minimum atomic E-state index is -4.18. The molecule has 0 unspecified atom stereocenters. The Labute approximate surface area is 253 Å². The van der Waals surface area contributed by atoms with Crippen LogP contribution in [0.4, 0.5) is 4.39 Å². The molecule has 0 bridgehead atoms. The SMILES string of the molecule is CCc1cc(C(=O)N[C@H](Cc2ccccc2)[C@@H](O)C(=O)O)nn1Cc1ccc(-c2ccccc2S(=O)(=O)NC(C)=O)cc1F. The number of hydrogen-bond donors (Lipinski definition) is 4. The maximum Gasteiger partial charge on any atom is 0.334 e. The summed E-state index contributed by atoms with van der Waals surface area (Å²) < 4.78 is 44.1. The summed E-state index contributed by atoms with van der Waals surface area (Å²) in [6.45, 7) is 2.85. The van der Waals surface area contributed by atoms with Gasteiger partial charge in [-0.3, -0.25) is 14.3 Å². The molecule has 0 saturated heterocycles. The van der Waals surface area contributed by atoms with Crippen molar-refractivity contribution in [1.82, 2.24) is 19.8 Å². The van der Waals surface area contributed by atoms with E-state index in [1.807, 2.05) is 11.6 Å². The molecule has 3 aromatic carbocycles. The Kier molecular flexibility index (Phi) is 9.91. The van der Waals surface area contributed by atoms with Crippen LogP contribution in [-0.4, -0.2) is 58.3 Å². The third-order valence-corrected chi connectivity index (χ3v) is 8.34. The van der Waals surface area contributed by atoms with Gasteiger partial charge in [-0.25, -0.2) is 22.3 Å². The second kappa shape index (κ2) is 13.6. The number of amides is 2. The van der Waals surface area contributed by atoms with Crippen molar-refractivity contribution in [3.8, 4) is 11.1 Å². The average Bonchev–Trinajstić information content (AvgIpc) is 3.40. The van der Waals surface area contributed by atoms with Crippen LogP contribution in [0.25, 0.3) is 11.1 Å². The van der Waals surface area contributed by atoms with Crippen molar-refractivity contribution in [2.75, 3.05) is 0 Å². The van der Waals surface area contributed by atoms with E-state index in [9.17, 15) is 33.0 Å². The van der Waals surface area contributed by atoms with Crippen molar-refractivity contribution in [2.24, 2.45) is 0 Å². The topological polar surface area (TPSA) is 168 Å². The molecule has 13 heteroatoms. The Morgan fingerprint density at radius 3 is 2.32 bits per heavy atom. The first-order chi connectivity index (χ1) is 20.9. The van der Waals surface area contributed by atoms with Gasteiger partial charge in [0, 0.05) is 23.7 Å². The van der Waals surface area contributed by atoms with Gasteiger partial charge in [0.15, 0.2) is 6.10 Å². The van der Waals surface area contributed by atoms with Crippen LogP contribution in [0.15, 0.2) is 83.8 Å². The van der Waals surface area contributed by atoms with Gasteiger partial charge in [0.2, 0.25) is 5.91 Å². The Balaban J connectivity index is 1.57. The van der Waals surface area contributed by atoms with Crippen LogP contribution in [0.5, 0.6) is 0 Å². The summed E-state index contributed by atoms with van der Waals surface area (Å²) in [6.07, 6.45) is -1.36. The van der Waals surface area contributed by atoms with Crippen molar-refractivity contribution in [3.63, 3.8) is 0 Å². The average molecular weight is 623 g/mol. The Morgan fingerprint density at radius 1 is 1.00 bits per heavy atom. The first-order valence-corrected chi connectivity index (χ1v) is 15.1. The van der Waals surface area contributed by atoms with Crippen molar-refractivity contribution in [1.29, 1.82) is 0 Å². The van der Waals surface area contributed by atoms with Crippen molar-refractivity contribution >= 4 is 27.8 Å². The molecule has 1 aromatic heterocycles. The summed E-state index contributed by atoms with van der Waals surface area (Å²) in [4.78, 5) is 35.9. The van der Waals surface area contributed by atoms with Gasteiger partial charge in [-0.2, -0.15) is 5.10 Å². The molecular weight excluding hydrogens is 591 g/mol. The lowest BCUT2D eigenvalue weighted by Gasteiger charge is -2.21. The summed E-state index contributed by atoms with van der Waals surface area (Å²) in [5.41, 5.74) is 1.97. The third kappa shape index (κ3) is 7.54. The molecule has 0 radical (unpaired) electrons. The number of carbonyl (C=O) groups excluding carboxylic acids is 2. The van der Waals surface area contributed by atoms with Gasteiger partial charge in [0.1, 0.15) is 11.5 Å². The number of rotatable bonds is 12. The predicted octanol–water partition coefficient (Wildman–Crippen LogP) is 2.91. The number of carboxylic acids is 1. The number of benzene rings is 3. The second-order valence-corrected chi connectivity index (χ2v) is 11.7. The number of aryl methyl sites for hydroxylation is 1. The first-order valence-electron chi connectivity index (χ1n) is 13.6. The van der Waals surface area contributed by atoms with E-state index >= 15 is 4.39 Å². The van der Waals surface area contributed by atoms with Gasteiger partial charge in [-0.1, -0.05) is 67.6 Å². The number of aliphatic carboxylic acids is 1. The number of aliphatic hydroxyl groups excluding tert-OH is 1. The predicted molar refractivity (Wildman–Crippen MR) is 159 cm³/mol. The van der Waals surface area contributed by atoms with Crippen LogP contribution < -0.4 is 10.0 Å². The van der Waals surface area contributed by atoms with Crippen LogP contribution in [-0.2, 0) is 39.0 Å². The lowest BCUT2D eigenvalue weighted by Crippen LogP contribution is -2.48. The monoisotopic (exact) mass is 622 g/mol. The molecule has 230 valence electrons. The standard InChI is InChI=1S/C31H31FN4O7S/c1-3-23-17-27(30(39)33-26(29(38)31(40)41)15-20-9-5-4-6-10-20)34-36(23)18-22-14-13-21(16-25(22)32)24-11-7-8-12-28(24)44(42,43)35-19(2)37/h4-14,16-17,26,29,38H,3,15,18H2,1-2H3,(H,33,39)(H,35,37)(H,40,41)/t26-,29-/m1/s1. The Hall–Kier alpha value is -4.88. The van der Waals surface area contributed by atoms with Crippen LogP contribution in [0, 0.1) is 5.82 Å². The van der Waals surface area contributed by atoms with Crippen molar-refractivity contribution in [2.45, 2.75) is 50.3 Å². The fourth-order valence-corrected chi connectivity index (χ4v) is 5.92. The molecule has 1 heterocycles. The molecule has 44 heavy (non-hydrogen) atoms. The quantitative estimate of drug-likeness (QED) is 0.187. The van der Waals surface area contributed by atoms with E-state index in [4.69, 9.17) is 0 Å². The largest absolute Gasteiger partial charge is 0.479 e. The van der Waals surface area contributed by atoms with Crippen LogP contribution in [0.2, 0.25) is 0 Å². The second-order valence-electron chi connectivity index (χ2n) is 10.0. The van der Waals surface area contributed by atoms with Gasteiger partial charge in [0.25, 0.3) is 15.9 Å². The fraction of sp³-hybridized carbons (Fsp3) is 0.226. The van der Waals surface area contributed by atoms with Crippen LogP contribution >= 0.6 is 0 Å². The maximum absolute atomic E-state index is 15.4. The molecule has 4 N–H and O–H groups in total. The number of aromatic nitrogens is 2. The van der Waals surface area contributed by atoms with E-state index in [0.29, 0.717) is 17.7 Å². The Morgan fingerprint density at radius 2 is 1.68 bits per heavy atom. The van der Waals surface area contributed by atoms with Crippen LogP contribution in [0.3, 0.4) is 0 Å². The number of carbonyl (C=O) groups is 3. The summed E-state index contributed by atoms with van der Waals surface area (Å²) >= 11 is 0. The molecule has 0 fully saturated rings. The minimum Gasteiger partial charge on any atom is -0.479 e. The molecule has 4 aromatic rings. The van der Waals surface area contributed by atoms with Gasteiger partial charge in [-0.05, 0) is 42.2 Å². The molecule has 0 aliphatic rings. The molecule has 0 saturated carbocycles. The molecule has 0 aliphatic heterocycles. The zero-order valence-corrected chi connectivity index (χ0v) is 24.7. The number of nitrogens with zero attached hydrogens (tertiary/aromatic N) is 2. The van der Waals surface area contributed by atoms with E-state index < -0.39 is 45.8 Å². The van der Waals surface area contributed by atoms with E-state index in [1.54, 1.807) is 42.5 Å². The van der Waals surface area contributed by atoms with Crippen LogP contribution in [0.1, 0.15) is 41.2 Å². The lowest BCUT2D eigenvalue weighted by atomic mass is 10.0.